The van der Waals surface area contributed by atoms with E-state index in [1.807, 2.05) is 12.4 Å². The Balaban J connectivity index is 1.14. The minimum atomic E-state index is 1.15. The highest BCUT2D eigenvalue weighted by molar-refractivity contribution is 6.31. The Morgan fingerprint density at radius 1 is 0.222 bits per heavy atom. The first-order valence-corrected chi connectivity index (χ1v) is 18.5. The average molecular weight is 686 g/mol. The SMILES string of the molecule is c1ccc(-c2cc(-c3ccncc3)cc(-c3cccc(-c4cccc(-c5ccc(-c6ccccc6)c6c7ccccc7c7ccccc7c56)c4)c3)c2)cc1. The van der Waals surface area contributed by atoms with Crippen LogP contribution in [0.1, 0.15) is 0 Å². The molecule has 10 rings (SSSR count). The molecule has 0 unspecified atom stereocenters. The molecule has 0 spiro atoms. The van der Waals surface area contributed by atoms with Crippen molar-refractivity contribution in [1.82, 2.24) is 4.98 Å². The van der Waals surface area contributed by atoms with E-state index in [4.69, 9.17) is 0 Å². The van der Waals surface area contributed by atoms with Gasteiger partial charge >= 0.3 is 0 Å². The number of pyridine rings is 1. The third kappa shape index (κ3) is 5.64. The second kappa shape index (κ2) is 13.5. The van der Waals surface area contributed by atoms with Gasteiger partial charge < -0.3 is 0 Å². The molecule has 0 fully saturated rings. The van der Waals surface area contributed by atoms with Crippen LogP contribution in [0.3, 0.4) is 0 Å². The molecule has 0 aliphatic rings. The third-order valence-corrected chi connectivity index (χ3v) is 10.7. The number of fused-ring (bicyclic) bond motifs is 6. The third-order valence-electron chi connectivity index (χ3n) is 10.7. The molecular formula is C53H35N. The molecule has 1 aromatic heterocycles. The van der Waals surface area contributed by atoms with Gasteiger partial charge in [0, 0.05) is 12.4 Å². The van der Waals surface area contributed by atoms with Crippen LogP contribution in [0, 0.1) is 0 Å². The standard InChI is InChI=1S/C53H35N/c1-3-13-36(14-4-1)43-33-44(37-27-29-54-30-28-37)35-45(34-43)41-19-11-17-39(31-41)40-18-12-20-42(32-40)47-26-25-46(38-15-5-2-6-16-38)52-50-23-9-7-21-48(50)49-22-8-10-24-51(49)53(47)52/h1-35H. The number of aromatic nitrogens is 1. The maximum absolute atomic E-state index is 4.27. The Morgan fingerprint density at radius 2 is 0.574 bits per heavy atom. The summed E-state index contributed by atoms with van der Waals surface area (Å²) in [6, 6.07) is 72.9. The highest BCUT2D eigenvalue weighted by Crippen LogP contribution is 2.45. The van der Waals surface area contributed by atoms with Crippen molar-refractivity contribution in [2.75, 3.05) is 0 Å². The minimum absolute atomic E-state index is 1.15. The van der Waals surface area contributed by atoms with E-state index in [2.05, 4.69) is 205 Å². The van der Waals surface area contributed by atoms with E-state index in [-0.39, 0.29) is 0 Å². The van der Waals surface area contributed by atoms with Gasteiger partial charge in [-0.15, -0.1) is 0 Å². The predicted octanol–water partition coefficient (Wildman–Crippen LogP) is 14.5. The van der Waals surface area contributed by atoms with E-state index >= 15 is 0 Å². The topological polar surface area (TPSA) is 12.9 Å². The summed E-state index contributed by atoms with van der Waals surface area (Å²) in [6.07, 6.45) is 3.73. The van der Waals surface area contributed by atoms with Crippen LogP contribution in [-0.2, 0) is 0 Å². The second-order valence-electron chi connectivity index (χ2n) is 13.9. The smallest absolute Gasteiger partial charge is 0.0273 e. The fraction of sp³-hybridized carbons (Fsp3) is 0. The lowest BCUT2D eigenvalue weighted by Gasteiger charge is -2.18. The molecule has 0 radical (unpaired) electrons. The normalized spacial score (nSPS) is 11.3. The number of nitrogens with zero attached hydrogens (tertiary/aromatic N) is 1. The number of hydrogen-bond acceptors (Lipinski definition) is 1. The van der Waals surface area contributed by atoms with Crippen molar-refractivity contribution in [2.45, 2.75) is 0 Å². The fourth-order valence-corrected chi connectivity index (χ4v) is 8.18. The highest BCUT2D eigenvalue weighted by Gasteiger charge is 2.17. The summed E-state index contributed by atoms with van der Waals surface area (Å²) in [6.45, 7) is 0. The Morgan fingerprint density at radius 3 is 1.13 bits per heavy atom. The summed E-state index contributed by atoms with van der Waals surface area (Å²) in [7, 11) is 0. The molecule has 1 heterocycles. The van der Waals surface area contributed by atoms with Crippen LogP contribution in [0.25, 0.3) is 99.1 Å². The molecule has 0 saturated heterocycles. The van der Waals surface area contributed by atoms with Gasteiger partial charge in [-0.1, -0.05) is 158 Å². The van der Waals surface area contributed by atoms with E-state index < -0.39 is 0 Å². The van der Waals surface area contributed by atoms with E-state index in [1.165, 1.54) is 93.5 Å². The largest absolute Gasteiger partial charge is 0.265 e. The summed E-state index contributed by atoms with van der Waals surface area (Å²) >= 11 is 0. The van der Waals surface area contributed by atoms with Crippen molar-refractivity contribution < 1.29 is 0 Å². The predicted molar refractivity (Wildman–Crippen MR) is 229 cm³/mol. The van der Waals surface area contributed by atoms with Gasteiger partial charge in [0.05, 0.1) is 0 Å². The van der Waals surface area contributed by atoms with Crippen LogP contribution in [0.4, 0.5) is 0 Å². The Hall–Kier alpha value is -7.09. The summed E-state index contributed by atoms with van der Waals surface area (Å²) in [5, 5.41) is 7.69. The van der Waals surface area contributed by atoms with Crippen LogP contribution >= 0.6 is 0 Å². The average Bonchev–Trinajstić information content (AvgIpc) is 3.27. The molecule has 10 aromatic rings. The van der Waals surface area contributed by atoms with Gasteiger partial charge in [0.15, 0.2) is 0 Å². The van der Waals surface area contributed by atoms with Crippen molar-refractivity contribution in [3.63, 3.8) is 0 Å². The van der Waals surface area contributed by atoms with Crippen LogP contribution in [0.5, 0.6) is 0 Å². The zero-order valence-corrected chi connectivity index (χ0v) is 29.7. The summed E-state index contributed by atoms with van der Waals surface area (Å²) in [5.74, 6) is 0. The highest BCUT2D eigenvalue weighted by atomic mass is 14.6. The van der Waals surface area contributed by atoms with Gasteiger partial charge in [0.25, 0.3) is 0 Å². The lowest BCUT2D eigenvalue weighted by molar-refractivity contribution is 1.33. The zero-order chi connectivity index (χ0) is 35.8. The first kappa shape index (κ1) is 31.6. The lowest BCUT2D eigenvalue weighted by atomic mass is 9.85. The summed E-state index contributed by atoms with van der Waals surface area (Å²) in [5.41, 5.74) is 14.4. The molecule has 0 N–H and O–H groups in total. The fourth-order valence-electron chi connectivity index (χ4n) is 8.18. The van der Waals surface area contributed by atoms with Gasteiger partial charge in [-0.3, -0.25) is 4.98 Å². The lowest BCUT2D eigenvalue weighted by Crippen LogP contribution is -1.91. The van der Waals surface area contributed by atoms with Gasteiger partial charge in [0.2, 0.25) is 0 Å². The molecule has 0 bridgehead atoms. The van der Waals surface area contributed by atoms with Gasteiger partial charge in [-0.2, -0.15) is 0 Å². The maximum atomic E-state index is 4.27. The Bertz CT molecular complexity index is 2910. The van der Waals surface area contributed by atoms with Crippen molar-refractivity contribution in [3.8, 4) is 66.8 Å². The molecular weight excluding hydrogens is 651 g/mol. The monoisotopic (exact) mass is 685 g/mol. The maximum Gasteiger partial charge on any atom is 0.0273 e. The number of benzene rings is 9. The van der Waals surface area contributed by atoms with E-state index in [0.717, 1.165) is 5.56 Å². The van der Waals surface area contributed by atoms with Gasteiger partial charge in [0.1, 0.15) is 0 Å². The first-order chi connectivity index (χ1) is 26.8. The van der Waals surface area contributed by atoms with Crippen molar-refractivity contribution in [2.24, 2.45) is 0 Å². The molecule has 9 aromatic carbocycles. The number of rotatable bonds is 6. The van der Waals surface area contributed by atoms with Crippen LogP contribution in [0.15, 0.2) is 213 Å². The molecule has 1 nitrogen and oxygen atoms in total. The molecule has 0 amide bonds. The van der Waals surface area contributed by atoms with Gasteiger partial charge in [-0.25, -0.2) is 0 Å². The van der Waals surface area contributed by atoms with Crippen LogP contribution in [-0.4, -0.2) is 4.98 Å². The first-order valence-electron chi connectivity index (χ1n) is 18.5. The molecule has 252 valence electrons. The quantitative estimate of drug-likeness (QED) is 0.159. The number of hydrogen-bond donors (Lipinski definition) is 0. The van der Waals surface area contributed by atoms with Crippen LogP contribution < -0.4 is 0 Å². The summed E-state index contributed by atoms with van der Waals surface area (Å²) < 4.78 is 0. The molecule has 1 heteroatoms. The van der Waals surface area contributed by atoms with Gasteiger partial charge in [-0.05, 0) is 142 Å². The molecule has 0 saturated carbocycles. The second-order valence-corrected chi connectivity index (χ2v) is 13.9. The van der Waals surface area contributed by atoms with E-state index in [0.29, 0.717) is 0 Å². The Labute approximate surface area is 315 Å². The van der Waals surface area contributed by atoms with E-state index in [1.54, 1.807) is 0 Å². The summed E-state index contributed by atoms with van der Waals surface area (Å²) in [4.78, 5) is 4.27. The van der Waals surface area contributed by atoms with Crippen molar-refractivity contribution >= 4 is 32.3 Å². The van der Waals surface area contributed by atoms with Crippen molar-refractivity contribution in [3.05, 3.63) is 213 Å². The van der Waals surface area contributed by atoms with Crippen LogP contribution in [0.2, 0.25) is 0 Å². The zero-order valence-electron chi connectivity index (χ0n) is 29.7. The minimum Gasteiger partial charge on any atom is -0.265 e. The Kier molecular flexibility index (Phi) is 7.89. The molecule has 0 atom stereocenters. The van der Waals surface area contributed by atoms with Crippen molar-refractivity contribution in [1.29, 1.82) is 0 Å². The molecule has 0 aliphatic heterocycles. The molecule has 54 heavy (non-hydrogen) atoms. The van der Waals surface area contributed by atoms with E-state index in [9.17, 15) is 0 Å². The molecule has 0 aliphatic carbocycles.